The zero-order valence-electron chi connectivity index (χ0n) is 20.0. The second kappa shape index (κ2) is 10.8. The quantitative estimate of drug-likeness (QED) is 0.424. The first-order valence-corrected chi connectivity index (χ1v) is 12.1. The van der Waals surface area contributed by atoms with Crippen LogP contribution in [-0.2, 0) is 6.61 Å². The van der Waals surface area contributed by atoms with Gasteiger partial charge in [-0.2, -0.15) is 0 Å². The lowest BCUT2D eigenvalue weighted by Gasteiger charge is -2.37. The van der Waals surface area contributed by atoms with Crippen LogP contribution in [0.5, 0.6) is 11.5 Å². The van der Waals surface area contributed by atoms with E-state index in [4.69, 9.17) is 21.1 Å². The van der Waals surface area contributed by atoms with Crippen LogP contribution in [0.3, 0.4) is 0 Å². The van der Waals surface area contributed by atoms with Crippen LogP contribution in [0, 0.1) is 13.8 Å². The molecule has 1 heterocycles. The molecule has 34 heavy (non-hydrogen) atoms. The first-order valence-electron chi connectivity index (χ1n) is 11.7. The number of para-hydroxylation sites is 1. The van der Waals surface area contributed by atoms with Crippen LogP contribution in [0.25, 0.3) is 0 Å². The van der Waals surface area contributed by atoms with Gasteiger partial charge in [0.05, 0.1) is 11.6 Å². The molecule has 0 radical (unpaired) electrons. The number of aryl methyl sites for hydroxylation is 1. The van der Waals surface area contributed by atoms with Crippen LogP contribution in [-0.4, -0.2) is 43.6 Å². The third-order valence-electron chi connectivity index (χ3n) is 6.31. The zero-order chi connectivity index (χ0) is 24.1. The van der Waals surface area contributed by atoms with Crippen molar-refractivity contribution < 1.29 is 14.3 Å². The summed E-state index contributed by atoms with van der Waals surface area (Å²) in [6, 6.07) is 19.3. The number of carbonyl (C=O) groups excluding carboxylic acids is 1. The SMILES string of the molecule is CCOc1ccc(C(=O)N2CCN(c3cccc(C)c3C)CC2)cc1COc1ccccc1Cl. The number of rotatable bonds is 7. The van der Waals surface area contributed by atoms with Crippen LogP contribution >= 0.6 is 11.6 Å². The van der Waals surface area contributed by atoms with Crippen LogP contribution in [0.4, 0.5) is 5.69 Å². The minimum Gasteiger partial charge on any atom is -0.493 e. The Morgan fingerprint density at radius 2 is 1.68 bits per heavy atom. The van der Waals surface area contributed by atoms with Crippen molar-refractivity contribution in [2.45, 2.75) is 27.4 Å². The number of amides is 1. The van der Waals surface area contributed by atoms with E-state index < -0.39 is 0 Å². The molecule has 0 bridgehead atoms. The topological polar surface area (TPSA) is 42.0 Å². The second-order valence-electron chi connectivity index (χ2n) is 8.47. The van der Waals surface area contributed by atoms with E-state index in [2.05, 4.69) is 36.9 Å². The summed E-state index contributed by atoms with van der Waals surface area (Å²) in [5.41, 5.74) is 5.31. The molecule has 1 amide bonds. The maximum Gasteiger partial charge on any atom is 0.253 e. The van der Waals surface area contributed by atoms with E-state index in [0.29, 0.717) is 41.8 Å². The van der Waals surface area contributed by atoms with E-state index in [-0.39, 0.29) is 12.5 Å². The molecule has 3 aromatic rings. The van der Waals surface area contributed by atoms with E-state index >= 15 is 0 Å². The van der Waals surface area contributed by atoms with Crippen molar-refractivity contribution in [2.75, 3.05) is 37.7 Å². The van der Waals surface area contributed by atoms with E-state index in [1.54, 1.807) is 6.07 Å². The standard InChI is InChI=1S/C28H31ClN2O3/c1-4-33-26-13-12-22(18-23(26)19-34-27-11-6-5-9-24(27)29)28(32)31-16-14-30(15-17-31)25-10-7-8-20(2)21(25)3/h5-13,18H,4,14-17,19H2,1-3H3. The molecule has 1 aliphatic heterocycles. The summed E-state index contributed by atoms with van der Waals surface area (Å²) in [6.07, 6.45) is 0. The van der Waals surface area contributed by atoms with Gasteiger partial charge in [0.2, 0.25) is 0 Å². The van der Waals surface area contributed by atoms with Crippen LogP contribution in [0.1, 0.15) is 34.0 Å². The van der Waals surface area contributed by atoms with Gasteiger partial charge >= 0.3 is 0 Å². The van der Waals surface area contributed by atoms with Gasteiger partial charge in [0, 0.05) is 43.0 Å². The van der Waals surface area contributed by atoms with Gasteiger partial charge in [-0.25, -0.2) is 0 Å². The Labute approximate surface area is 206 Å². The third kappa shape index (κ3) is 5.31. The molecule has 6 heteroatoms. The largest absolute Gasteiger partial charge is 0.493 e. The summed E-state index contributed by atoms with van der Waals surface area (Å²) in [4.78, 5) is 17.6. The number of hydrogen-bond acceptors (Lipinski definition) is 4. The molecule has 0 N–H and O–H groups in total. The van der Waals surface area contributed by atoms with Gasteiger partial charge in [-0.1, -0.05) is 35.9 Å². The Balaban J connectivity index is 1.46. The van der Waals surface area contributed by atoms with Crippen LogP contribution in [0.2, 0.25) is 5.02 Å². The molecule has 1 aliphatic rings. The summed E-state index contributed by atoms with van der Waals surface area (Å²) in [5, 5.41) is 0.550. The maximum atomic E-state index is 13.3. The third-order valence-corrected chi connectivity index (χ3v) is 6.62. The minimum absolute atomic E-state index is 0.0302. The van der Waals surface area contributed by atoms with Gasteiger partial charge in [-0.15, -0.1) is 0 Å². The molecular weight excluding hydrogens is 448 g/mol. The number of benzene rings is 3. The Kier molecular flexibility index (Phi) is 7.63. The molecule has 178 valence electrons. The smallest absolute Gasteiger partial charge is 0.253 e. The molecule has 0 spiro atoms. The minimum atomic E-state index is 0.0302. The fraction of sp³-hybridized carbons (Fsp3) is 0.321. The molecule has 1 fully saturated rings. The summed E-state index contributed by atoms with van der Waals surface area (Å²) < 4.78 is 11.7. The molecule has 0 unspecified atom stereocenters. The Bertz CT molecular complexity index is 1160. The number of ether oxygens (including phenoxy) is 2. The number of piperazine rings is 1. The van der Waals surface area contributed by atoms with Crippen molar-refractivity contribution in [3.8, 4) is 11.5 Å². The Morgan fingerprint density at radius 3 is 2.41 bits per heavy atom. The number of carbonyl (C=O) groups is 1. The summed E-state index contributed by atoms with van der Waals surface area (Å²) >= 11 is 6.23. The van der Waals surface area contributed by atoms with Gasteiger partial charge in [-0.05, 0) is 68.3 Å². The molecule has 5 nitrogen and oxygen atoms in total. The average molecular weight is 479 g/mol. The Morgan fingerprint density at radius 1 is 0.912 bits per heavy atom. The number of hydrogen-bond donors (Lipinski definition) is 0. The number of nitrogens with zero attached hydrogens (tertiary/aromatic N) is 2. The molecule has 0 aliphatic carbocycles. The van der Waals surface area contributed by atoms with E-state index in [1.165, 1.54) is 16.8 Å². The molecule has 3 aromatic carbocycles. The van der Waals surface area contributed by atoms with Gasteiger partial charge in [0.15, 0.2) is 0 Å². The van der Waals surface area contributed by atoms with E-state index in [9.17, 15) is 4.79 Å². The highest BCUT2D eigenvalue weighted by atomic mass is 35.5. The van der Waals surface area contributed by atoms with E-state index in [1.807, 2.05) is 48.2 Å². The van der Waals surface area contributed by atoms with Crippen molar-refractivity contribution >= 4 is 23.2 Å². The molecule has 0 aromatic heterocycles. The van der Waals surface area contributed by atoms with Crippen LogP contribution in [0.15, 0.2) is 60.7 Å². The van der Waals surface area contributed by atoms with Gasteiger partial charge in [0.25, 0.3) is 5.91 Å². The highest BCUT2D eigenvalue weighted by Gasteiger charge is 2.24. The molecule has 0 saturated carbocycles. The van der Waals surface area contributed by atoms with Crippen molar-refractivity contribution in [2.24, 2.45) is 0 Å². The van der Waals surface area contributed by atoms with Crippen LogP contribution < -0.4 is 14.4 Å². The Hall–Kier alpha value is -3.18. The number of halogens is 1. The molecular formula is C28H31ClN2O3. The second-order valence-corrected chi connectivity index (χ2v) is 8.88. The fourth-order valence-corrected chi connectivity index (χ4v) is 4.44. The molecule has 1 saturated heterocycles. The summed E-state index contributed by atoms with van der Waals surface area (Å²) in [5.74, 6) is 1.35. The van der Waals surface area contributed by atoms with Gasteiger partial charge in [-0.3, -0.25) is 4.79 Å². The highest BCUT2D eigenvalue weighted by molar-refractivity contribution is 6.32. The maximum absolute atomic E-state index is 13.3. The average Bonchev–Trinajstić information content (AvgIpc) is 2.86. The first-order chi connectivity index (χ1) is 16.5. The summed E-state index contributed by atoms with van der Waals surface area (Å²) in [7, 11) is 0. The van der Waals surface area contributed by atoms with Crippen molar-refractivity contribution in [3.05, 3.63) is 87.9 Å². The lowest BCUT2D eigenvalue weighted by Crippen LogP contribution is -2.49. The fourth-order valence-electron chi connectivity index (χ4n) is 4.25. The predicted molar refractivity (Wildman–Crippen MR) is 137 cm³/mol. The zero-order valence-corrected chi connectivity index (χ0v) is 20.8. The summed E-state index contributed by atoms with van der Waals surface area (Å²) in [6.45, 7) is 10.0. The lowest BCUT2D eigenvalue weighted by atomic mass is 10.1. The van der Waals surface area contributed by atoms with E-state index in [0.717, 1.165) is 18.7 Å². The van der Waals surface area contributed by atoms with Crippen molar-refractivity contribution in [1.82, 2.24) is 4.90 Å². The van der Waals surface area contributed by atoms with Crippen molar-refractivity contribution in [3.63, 3.8) is 0 Å². The van der Waals surface area contributed by atoms with Gasteiger partial charge in [0.1, 0.15) is 18.1 Å². The predicted octanol–water partition coefficient (Wildman–Crippen LogP) is 5.90. The monoisotopic (exact) mass is 478 g/mol. The molecule has 0 atom stereocenters. The lowest BCUT2D eigenvalue weighted by molar-refractivity contribution is 0.0746. The molecule has 4 rings (SSSR count). The highest BCUT2D eigenvalue weighted by Crippen LogP contribution is 2.28. The van der Waals surface area contributed by atoms with Gasteiger partial charge < -0.3 is 19.3 Å². The normalized spacial score (nSPS) is 13.6. The number of anilines is 1. The first kappa shape index (κ1) is 24.0. The van der Waals surface area contributed by atoms with Crippen molar-refractivity contribution in [1.29, 1.82) is 0 Å².